The van der Waals surface area contributed by atoms with Crippen LogP contribution in [0.4, 0.5) is 8.78 Å². The van der Waals surface area contributed by atoms with Crippen molar-refractivity contribution in [2.45, 2.75) is 6.54 Å². The van der Waals surface area contributed by atoms with Gasteiger partial charge in [0.05, 0.1) is 13.2 Å². The van der Waals surface area contributed by atoms with Crippen molar-refractivity contribution in [3.63, 3.8) is 0 Å². The molecule has 0 saturated carbocycles. The monoisotopic (exact) mass is 214 g/mol. The molecule has 15 heavy (non-hydrogen) atoms. The summed E-state index contributed by atoms with van der Waals surface area (Å²) < 4.78 is 30.8. The summed E-state index contributed by atoms with van der Waals surface area (Å²) in [6.45, 7) is 4.09. The number of halogens is 2. The average molecular weight is 214 g/mol. The van der Waals surface area contributed by atoms with Gasteiger partial charge in [0.25, 0.3) is 0 Å². The van der Waals surface area contributed by atoms with Crippen LogP contribution < -0.4 is 4.90 Å². The molecule has 1 aliphatic heterocycles. The highest BCUT2D eigenvalue weighted by Gasteiger charge is 2.14. The molecule has 1 heterocycles. The Hall–Kier alpha value is -1.00. The second-order valence-electron chi connectivity index (χ2n) is 3.79. The van der Waals surface area contributed by atoms with Crippen molar-refractivity contribution in [2.24, 2.45) is 0 Å². The molecular formula is C11H14F2NO+. The van der Waals surface area contributed by atoms with E-state index in [1.807, 2.05) is 0 Å². The van der Waals surface area contributed by atoms with Gasteiger partial charge in [-0.2, -0.15) is 0 Å². The summed E-state index contributed by atoms with van der Waals surface area (Å²) in [6.07, 6.45) is 0. The minimum Gasteiger partial charge on any atom is -0.370 e. The van der Waals surface area contributed by atoms with Crippen LogP contribution in [0.15, 0.2) is 18.2 Å². The number of rotatable bonds is 2. The number of benzene rings is 1. The van der Waals surface area contributed by atoms with E-state index in [-0.39, 0.29) is 0 Å². The Bertz CT molecular complexity index is 337. The third kappa shape index (κ3) is 2.73. The maximum atomic E-state index is 12.9. The van der Waals surface area contributed by atoms with Gasteiger partial charge in [0.1, 0.15) is 19.6 Å². The molecule has 0 bridgehead atoms. The van der Waals surface area contributed by atoms with Gasteiger partial charge in [-0.15, -0.1) is 0 Å². The van der Waals surface area contributed by atoms with Crippen molar-refractivity contribution < 1.29 is 18.4 Å². The molecule has 2 nitrogen and oxygen atoms in total. The van der Waals surface area contributed by atoms with Gasteiger partial charge in [0.2, 0.25) is 0 Å². The number of ether oxygens (including phenoxy) is 1. The summed E-state index contributed by atoms with van der Waals surface area (Å²) >= 11 is 0. The number of morpholine rings is 1. The smallest absolute Gasteiger partial charge is 0.159 e. The highest BCUT2D eigenvalue weighted by molar-refractivity contribution is 5.16. The third-order valence-electron chi connectivity index (χ3n) is 2.64. The zero-order chi connectivity index (χ0) is 10.7. The van der Waals surface area contributed by atoms with Crippen LogP contribution in [0.25, 0.3) is 0 Å². The molecule has 1 fully saturated rings. The zero-order valence-electron chi connectivity index (χ0n) is 8.43. The van der Waals surface area contributed by atoms with Gasteiger partial charge < -0.3 is 9.64 Å². The Morgan fingerprint density at radius 3 is 2.53 bits per heavy atom. The molecule has 0 amide bonds. The lowest BCUT2D eigenvalue weighted by molar-refractivity contribution is -0.921. The first-order valence-corrected chi connectivity index (χ1v) is 5.11. The van der Waals surface area contributed by atoms with Crippen molar-refractivity contribution in [2.75, 3.05) is 26.3 Å². The molecular weight excluding hydrogens is 200 g/mol. The molecule has 0 aliphatic carbocycles. The van der Waals surface area contributed by atoms with Crippen LogP contribution in [0, 0.1) is 11.6 Å². The summed E-state index contributed by atoms with van der Waals surface area (Å²) in [5.41, 5.74) is 0.839. The number of hydrogen-bond donors (Lipinski definition) is 1. The van der Waals surface area contributed by atoms with Crippen LogP contribution in [0.5, 0.6) is 0 Å². The minimum absolute atomic E-state index is 0.737. The summed E-state index contributed by atoms with van der Waals surface area (Å²) in [4.78, 5) is 1.35. The molecule has 0 spiro atoms. The van der Waals surface area contributed by atoms with Gasteiger partial charge in [0, 0.05) is 5.56 Å². The minimum atomic E-state index is -0.782. The summed E-state index contributed by atoms with van der Waals surface area (Å²) in [5, 5.41) is 0. The second kappa shape index (κ2) is 4.68. The van der Waals surface area contributed by atoms with E-state index in [9.17, 15) is 8.78 Å². The van der Waals surface area contributed by atoms with Gasteiger partial charge in [-0.25, -0.2) is 8.78 Å². The Kier molecular flexibility index (Phi) is 3.28. The summed E-state index contributed by atoms with van der Waals surface area (Å²) in [6, 6.07) is 4.10. The van der Waals surface area contributed by atoms with Crippen LogP contribution in [0.2, 0.25) is 0 Å². The predicted molar refractivity (Wildman–Crippen MR) is 51.6 cm³/mol. The lowest BCUT2D eigenvalue weighted by Gasteiger charge is -2.23. The Labute approximate surface area is 87.5 Å². The van der Waals surface area contributed by atoms with Crippen LogP contribution in [0.1, 0.15) is 5.56 Å². The topological polar surface area (TPSA) is 13.7 Å². The van der Waals surface area contributed by atoms with E-state index in [1.54, 1.807) is 6.07 Å². The fraction of sp³-hybridized carbons (Fsp3) is 0.455. The zero-order valence-corrected chi connectivity index (χ0v) is 8.43. The third-order valence-corrected chi connectivity index (χ3v) is 2.64. The fourth-order valence-electron chi connectivity index (χ4n) is 1.78. The molecule has 82 valence electrons. The van der Waals surface area contributed by atoms with E-state index in [0.29, 0.717) is 0 Å². The first-order valence-electron chi connectivity index (χ1n) is 5.11. The van der Waals surface area contributed by atoms with Crippen LogP contribution in [-0.2, 0) is 11.3 Å². The highest BCUT2D eigenvalue weighted by atomic mass is 19.2. The van der Waals surface area contributed by atoms with E-state index in [0.717, 1.165) is 38.4 Å². The van der Waals surface area contributed by atoms with Crippen LogP contribution in [-0.4, -0.2) is 26.3 Å². The van der Waals surface area contributed by atoms with Crippen molar-refractivity contribution >= 4 is 0 Å². The Morgan fingerprint density at radius 1 is 1.13 bits per heavy atom. The maximum absolute atomic E-state index is 12.9. The van der Waals surface area contributed by atoms with Crippen molar-refractivity contribution in [1.29, 1.82) is 0 Å². The summed E-state index contributed by atoms with van der Waals surface area (Å²) in [5.74, 6) is -1.55. The lowest BCUT2D eigenvalue weighted by atomic mass is 10.2. The Balaban J connectivity index is 2.00. The molecule has 1 aromatic rings. The number of quaternary nitrogens is 1. The van der Waals surface area contributed by atoms with E-state index in [2.05, 4.69) is 0 Å². The van der Waals surface area contributed by atoms with Gasteiger partial charge in [-0.3, -0.25) is 0 Å². The van der Waals surface area contributed by atoms with Crippen molar-refractivity contribution in [1.82, 2.24) is 0 Å². The molecule has 1 saturated heterocycles. The standard InChI is InChI=1S/C11H13F2NO/c12-10-2-1-9(7-11(10)13)8-14-3-5-15-6-4-14/h1-2,7H,3-6,8H2/p+1. The molecule has 0 unspecified atom stereocenters. The van der Waals surface area contributed by atoms with Crippen molar-refractivity contribution in [3.05, 3.63) is 35.4 Å². The average Bonchev–Trinajstić information content (AvgIpc) is 2.25. The SMILES string of the molecule is Fc1ccc(C[NH+]2CCOCC2)cc1F. The predicted octanol–water partition coefficient (Wildman–Crippen LogP) is 0.380. The van der Waals surface area contributed by atoms with Crippen LogP contribution in [0.3, 0.4) is 0 Å². The number of nitrogens with one attached hydrogen (secondary N) is 1. The first kappa shape index (κ1) is 10.5. The van der Waals surface area contributed by atoms with Crippen molar-refractivity contribution in [3.8, 4) is 0 Å². The fourth-order valence-corrected chi connectivity index (χ4v) is 1.78. The first-order chi connectivity index (χ1) is 7.25. The molecule has 1 N–H and O–H groups in total. The lowest BCUT2D eigenvalue weighted by Crippen LogP contribution is -3.12. The van der Waals surface area contributed by atoms with Gasteiger partial charge in [0.15, 0.2) is 11.6 Å². The van der Waals surface area contributed by atoms with E-state index >= 15 is 0 Å². The Morgan fingerprint density at radius 2 is 1.87 bits per heavy atom. The largest absolute Gasteiger partial charge is 0.370 e. The molecule has 0 aromatic heterocycles. The van der Waals surface area contributed by atoms with E-state index < -0.39 is 11.6 Å². The molecule has 1 aromatic carbocycles. The molecule has 4 heteroatoms. The number of hydrogen-bond acceptors (Lipinski definition) is 1. The van der Waals surface area contributed by atoms with E-state index in [4.69, 9.17) is 4.74 Å². The van der Waals surface area contributed by atoms with E-state index in [1.165, 1.54) is 17.0 Å². The van der Waals surface area contributed by atoms with Crippen LogP contribution >= 0.6 is 0 Å². The molecule has 2 rings (SSSR count). The van der Waals surface area contributed by atoms with Gasteiger partial charge in [-0.05, 0) is 12.1 Å². The van der Waals surface area contributed by atoms with Gasteiger partial charge >= 0.3 is 0 Å². The normalized spacial score (nSPS) is 18.0. The maximum Gasteiger partial charge on any atom is 0.159 e. The van der Waals surface area contributed by atoms with Gasteiger partial charge in [-0.1, -0.05) is 6.07 Å². The second-order valence-corrected chi connectivity index (χ2v) is 3.79. The summed E-state index contributed by atoms with van der Waals surface area (Å²) in [7, 11) is 0. The molecule has 0 atom stereocenters. The quantitative estimate of drug-likeness (QED) is 0.751. The molecule has 0 radical (unpaired) electrons. The molecule has 1 aliphatic rings. The highest BCUT2D eigenvalue weighted by Crippen LogP contribution is 2.07.